The summed E-state index contributed by atoms with van der Waals surface area (Å²) in [6.07, 6.45) is 1.36. The lowest BCUT2D eigenvalue weighted by Crippen LogP contribution is -2.39. The first kappa shape index (κ1) is 23.3. The van der Waals surface area contributed by atoms with E-state index in [2.05, 4.69) is 10.5 Å². The zero-order chi connectivity index (χ0) is 23.1. The van der Waals surface area contributed by atoms with Crippen molar-refractivity contribution in [2.24, 2.45) is 5.10 Å². The summed E-state index contributed by atoms with van der Waals surface area (Å²) >= 11 is 0. The van der Waals surface area contributed by atoms with Crippen LogP contribution < -0.4 is 5.43 Å². The molecule has 3 rings (SSSR count). The molecule has 1 amide bonds. The zero-order valence-corrected chi connectivity index (χ0v) is 18.6. The molecule has 0 aliphatic rings. The van der Waals surface area contributed by atoms with Crippen LogP contribution >= 0.6 is 0 Å². The molecule has 0 radical (unpaired) electrons. The van der Waals surface area contributed by atoms with Crippen molar-refractivity contribution in [3.63, 3.8) is 0 Å². The number of nitrogens with one attached hydrogen (secondary N) is 1. The topological polar surface area (TPSA) is 78.8 Å². The Bertz CT molecular complexity index is 1210. The van der Waals surface area contributed by atoms with E-state index in [-0.39, 0.29) is 17.3 Å². The fourth-order valence-electron chi connectivity index (χ4n) is 3.02. The van der Waals surface area contributed by atoms with E-state index in [4.69, 9.17) is 0 Å². The van der Waals surface area contributed by atoms with Gasteiger partial charge in [-0.15, -0.1) is 0 Å². The molecule has 3 aromatic carbocycles. The quantitative estimate of drug-likeness (QED) is 0.416. The molecule has 0 saturated carbocycles. The summed E-state index contributed by atoms with van der Waals surface area (Å²) in [5, 5.41) is 3.84. The molecule has 6 nitrogen and oxygen atoms in total. The molecule has 0 heterocycles. The van der Waals surface area contributed by atoms with E-state index in [0.717, 1.165) is 21.0 Å². The van der Waals surface area contributed by atoms with Gasteiger partial charge >= 0.3 is 0 Å². The Morgan fingerprint density at radius 2 is 1.69 bits per heavy atom. The minimum absolute atomic E-state index is 0.0347. The van der Waals surface area contributed by atoms with Crippen molar-refractivity contribution >= 4 is 22.1 Å². The fraction of sp³-hybridized carbons (Fsp3) is 0.167. The molecule has 0 bridgehead atoms. The Morgan fingerprint density at radius 3 is 2.34 bits per heavy atom. The third kappa shape index (κ3) is 6.32. The lowest BCUT2D eigenvalue weighted by Gasteiger charge is -2.22. The Kier molecular flexibility index (Phi) is 7.50. The van der Waals surface area contributed by atoms with Gasteiger partial charge in [-0.2, -0.15) is 9.41 Å². The summed E-state index contributed by atoms with van der Waals surface area (Å²) in [6, 6.07) is 19.5. The SMILES string of the molecule is Cc1ccc(S(=O)(=O)N(CC(=O)N/N=C\c2ccc(F)cc2)Cc2cccc(C)c2)cc1. The zero-order valence-electron chi connectivity index (χ0n) is 17.8. The molecule has 0 aliphatic carbocycles. The van der Waals surface area contributed by atoms with E-state index in [1.807, 2.05) is 38.1 Å². The van der Waals surface area contributed by atoms with E-state index >= 15 is 0 Å². The second-order valence-electron chi connectivity index (χ2n) is 7.42. The maximum atomic E-state index is 13.3. The van der Waals surface area contributed by atoms with Crippen LogP contribution in [0.5, 0.6) is 0 Å². The summed E-state index contributed by atoms with van der Waals surface area (Å²) < 4.78 is 40.6. The number of halogens is 1. The Labute approximate surface area is 187 Å². The number of hydrazone groups is 1. The van der Waals surface area contributed by atoms with Crippen molar-refractivity contribution in [1.29, 1.82) is 0 Å². The summed E-state index contributed by atoms with van der Waals surface area (Å²) in [4.78, 5) is 12.6. The minimum Gasteiger partial charge on any atom is -0.272 e. The molecule has 166 valence electrons. The van der Waals surface area contributed by atoms with Crippen molar-refractivity contribution in [2.45, 2.75) is 25.3 Å². The van der Waals surface area contributed by atoms with Gasteiger partial charge in [-0.1, -0.05) is 59.7 Å². The first-order valence-corrected chi connectivity index (χ1v) is 11.4. The first-order valence-electron chi connectivity index (χ1n) is 9.94. The van der Waals surface area contributed by atoms with Crippen LogP contribution in [0.25, 0.3) is 0 Å². The van der Waals surface area contributed by atoms with E-state index in [0.29, 0.717) is 5.56 Å². The highest BCUT2D eigenvalue weighted by Crippen LogP contribution is 2.19. The van der Waals surface area contributed by atoms with Gasteiger partial charge in [0.1, 0.15) is 5.82 Å². The van der Waals surface area contributed by atoms with E-state index in [1.54, 1.807) is 12.1 Å². The van der Waals surface area contributed by atoms with Gasteiger partial charge in [0.05, 0.1) is 17.7 Å². The Balaban J connectivity index is 1.79. The molecule has 0 atom stereocenters. The van der Waals surface area contributed by atoms with Crippen molar-refractivity contribution < 1.29 is 17.6 Å². The standard InChI is InChI=1S/C24H24FN3O3S/c1-18-6-12-23(13-7-18)32(30,31)28(16-21-5-3-4-19(2)14-21)17-24(29)27-26-15-20-8-10-22(25)11-9-20/h3-15H,16-17H2,1-2H3,(H,27,29)/b26-15-. The summed E-state index contributed by atoms with van der Waals surface area (Å²) in [7, 11) is -3.93. The average molecular weight is 454 g/mol. The molecule has 1 N–H and O–H groups in total. The molecule has 32 heavy (non-hydrogen) atoms. The maximum absolute atomic E-state index is 13.3. The number of hydrogen-bond acceptors (Lipinski definition) is 4. The normalized spacial score (nSPS) is 11.8. The van der Waals surface area contributed by atoms with E-state index in [1.165, 1.54) is 42.6 Å². The number of sulfonamides is 1. The summed E-state index contributed by atoms with van der Waals surface area (Å²) in [5.41, 5.74) is 5.62. The van der Waals surface area contributed by atoms with Crippen LogP contribution in [-0.2, 0) is 21.4 Å². The van der Waals surface area contributed by atoms with E-state index in [9.17, 15) is 17.6 Å². The molecule has 3 aromatic rings. The highest BCUT2D eigenvalue weighted by molar-refractivity contribution is 7.89. The predicted molar refractivity (Wildman–Crippen MR) is 122 cm³/mol. The average Bonchev–Trinajstić information content (AvgIpc) is 2.75. The minimum atomic E-state index is -3.93. The van der Waals surface area contributed by atoms with Gasteiger partial charge in [-0.3, -0.25) is 4.79 Å². The second kappa shape index (κ2) is 10.3. The van der Waals surface area contributed by atoms with Gasteiger partial charge < -0.3 is 0 Å². The van der Waals surface area contributed by atoms with Crippen LogP contribution in [0.1, 0.15) is 22.3 Å². The number of carbonyl (C=O) groups excluding carboxylic acids is 1. The third-order valence-electron chi connectivity index (χ3n) is 4.69. The Hall–Kier alpha value is -3.36. The number of hydrogen-bond donors (Lipinski definition) is 1. The lowest BCUT2D eigenvalue weighted by molar-refractivity contribution is -0.121. The molecule has 0 saturated heterocycles. The molecular formula is C24H24FN3O3S. The summed E-state index contributed by atoms with van der Waals surface area (Å²) in [5.74, 6) is -0.967. The van der Waals surface area contributed by atoms with Gasteiger partial charge in [0.15, 0.2) is 0 Å². The van der Waals surface area contributed by atoms with Crippen LogP contribution in [0.4, 0.5) is 4.39 Å². The third-order valence-corrected chi connectivity index (χ3v) is 6.50. The van der Waals surface area contributed by atoms with Crippen LogP contribution in [0.2, 0.25) is 0 Å². The van der Waals surface area contributed by atoms with Crippen LogP contribution in [-0.4, -0.2) is 31.4 Å². The van der Waals surface area contributed by atoms with E-state index < -0.39 is 22.5 Å². The van der Waals surface area contributed by atoms with Crippen LogP contribution in [0.3, 0.4) is 0 Å². The van der Waals surface area contributed by atoms with Crippen LogP contribution in [0.15, 0.2) is 82.8 Å². The van der Waals surface area contributed by atoms with Crippen molar-refractivity contribution in [2.75, 3.05) is 6.54 Å². The molecular weight excluding hydrogens is 429 g/mol. The number of benzene rings is 3. The molecule has 0 aromatic heterocycles. The van der Waals surface area contributed by atoms with Gasteiger partial charge in [0.2, 0.25) is 10.0 Å². The van der Waals surface area contributed by atoms with Crippen LogP contribution in [0, 0.1) is 19.7 Å². The monoisotopic (exact) mass is 453 g/mol. The van der Waals surface area contributed by atoms with Gasteiger partial charge in [0, 0.05) is 6.54 Å². The number of amides is 1. The number of rotatable bonds is 8. The lowest BCUT2D eigenvalue weighted by atomic mass is 10.1. The maximum Gasteiger partial charge on any atom is 0.255 e. The van der Waals surface area contributed by atoms with Crippen molar-refractivity contribution in [3.05, 3.63) is 101 Å². The Morgan fingerprint density at radius 1 is 1.00 bits per heavy atom. The highest BCUT2D eigenvalue weighted by atomic mass is 32.2. The van der Waals surface area contributed by atoms with Gasteiger partial charge in [-0.05, 0) is 49.2 Å². The molecule has 0 spiro atoms. The van der Waals surface area contributed by atoms with Gasteiger partial charge in [-0.25, -0.2) is 18.2 Å². The number of aryl methyl sites for hydroxylation is 2. The largest absolute Gasteiger partial charge is 0.272 e. The second-order valence-corrected chi connectivity index (χ2v) is 9.36. The fourth-order valence-corrected chi connectivity index (χ4v) is 4.41. The smallest absolute Gasteiger partial charge is 0.255 e. The number of carbonyl (C=O) groups is 1. The van der Waals surface area contributed by atoms with Crippen molar-refractivity contribution in [1.82, 2.24) is 9.73 Å². The summed E-state index contributed by atoms with van der Waals surface area (Å²) in [6.45, 7) is 3.41. The van der Waals surface area contributed by atoms with Gasteiger partial charge in [0.25, 0.3) is 5.91 Å². The molecule has 0 aliphatic heterocycles. The highest BCUT2D eigenvalue weighted by Gasteiger charge is 2.27. The first-order chi connectivity index (χ1) is 15.2. The molecule has 0 fully saturated rings. The predicted octanol–water partition coefficient (Wildman–Crippen LogP) is 3.78. The van der Waals surface area contributed by atoms with Crippen molar-refractivity contribution in [3.8, 4) is 0 Å². The molecule has 0 unspecified atom stereocenters. The molecule has 8 heteroatoms. The number of nitrogens with zero attached hydrogens (tertiary/aromatic N) is 2.